The third kappa shape index (κ3) is 4.28. The fraction of sp³-hybridized carbons (Fsp3) is 0.381. The molecular weight excluding hydrogens is 330 g/mol. The van der Waals surface area contributed by atoms with E-state index in [9.17, 15) is 4.79 Å². The Balaban J connectivity index is 1.75. The van der Waals surface area contributed by atoms with Crippen molar-refractivity contribution >= 4 is 5.91 Å². The Hall–Kier alpha value is -2.69. The maximum absolute atomic E-state index is 12.9. The van der Waals surface area contributed by atoms with Crippen molar-refractivity contribution in [2.75, 3.05) is 21.3 Å². The number of carbonyl (C=O) groups is 1. The smallest absolute Gasteiger partial charge is 0.227 e. The van der Waals surface area contributed by atoms with Crippen molar-refractivity contribution in [3.05, 3.63) is 53.6 Å². The molecule has 26 heavy (non-hydrogen) atoms. The lowest BCUT2D eigenvalue weighted by Gasteiger charge is -2.24. The van der Waals surface area contributed by atoms with Crippen LogP contribution in [0.25, 0.3) is 0 Å². The first kappa shape index (κ1) is 18.1. The third-order valence-corrected chi connectivity index (χ3v) is 4.65. The van der Waals surface area contributed by atoms with E-state index in [0.29, 0.717) is 19.0 Å². The number of amides is 1. The van der Waals surface area contributed by atoms with Gasteiger partial charge in [-0.05, 0) is 48.7 Å². The molecule has 2 aromatic carbocycles. The molecule has 2 aromatic rings. The van der Waals surface area contributed by atoms with Gasteiger partial charge in [-0.2, -0.15) is 0 Å². The SMILES string of the molecule is COc1ccc(CC(=O)N(Cc2cc(OC)ccc2OC)C2CC2)cc1. The van der Waals surface area contributed by atoms with Crippen LogP contribution in [0.3, 0.4) is 0 Å². The van der Waals surface area contributed by atoms with Crippen LogP contribution in [-0.4, -0.2) is 38.2 Å². The molecule has 0 bridgehead atoms. The molecule has 0 radical (unpaired) electrons. The van der Waals surface area contributed by atoms with Crippen molar-refractivity contribution in [1.82, 2.24) is 4.90 Å². The maximum Gasteiger partial charge on any atom is 0.227 e. The van der Waals surface area contributed by atoms with Gasteiger partial charge in [0.15, 0.2) is 0 Å². The largest absolute Gasteiger partial charge is 0.497 e. The normalized spacial score (nSPS) is 13.2. The summed E-state index contributed by atoms with van der Waals surface area (Å²) >= 11 is 0. The van der Waals surface area contributed by atoms with Crippen LogP contribution in [0.5, 0.6) is 17.2 Å². The van der Waals surface area contributed by atoms with Crippen LogP contribution in [0.15, 0.2) is 42.5 Å². The van der Waals surface area contributed by atoms with E-state index in [0.717, 1.165) is 41.2 Å². The highest BCUT2D eigenvalue weighted by Gasteiger charge is 2.33. The van der Waals surface area contributed by atoms with Gasteiger partial charge in [0.1, 0.15) is 17.2 Å². The first-order valence-electron chi connectivity index (χ1n) is 8.78. The summed E-state index contributed by atoms with van der Waals surface area (Å²) in [6, 6.07) is 13.6. The van der Waals surface area contributed by atoms with Gasteiger partial charge in [0.25, 0.3) is 0 Å². The van der Waals surface area contributed by atoms with Gasteiger partial charge in [-0.25, -0.2) is 0 Å². The fourth-order valence-corrected chi connectivity index (χ4v) is 3.02. The van der Waals surface area contributed by atoms with Gasteiger partial charge in [0, 0.05) is 18.2 Å². The monoisotopic (exact) mass is 355 g/mol. The van der Waals surface area contributed by atoms with Crippen molar-refractivity contribution in [3.8, 4) is 17.2 Å². The summed E-state index contributed by atoms with van der Waals surface area (Å²) < 4.78 is 16.0. The summed E-state index contributed by atoms with van der Waals surface area (Å²) in [7, 11) is 4.92. The molecule has 1 amide bonds. The lowest BCUT2D eigenvalue weighted by atomic mass is 10.1. The van der Waals surface area contributed by atoms with E-state index in [-0.39, 0.29) is 5.91 Å². The van der Waals surface area contributed by atoms with E-state index >= 15 is 0 Å². The molecule has 0 N–H and O–H groups in total. The Kier molecular flexibility index (Phi) is 5.66. The molecule has 1 saturated carbocycles. The zero-order chi connectivity index (χ0) is 18.5. The molecule has 0 unspecified atom stereocenters. The van der Waals surface area contributed by atoms with E-state index in [1.165, 1.54) is 0 Å². The Labute approximate surface area is 154 Å². The summed E-state index contributed by atoms with van der Waals surface area (Å²) in [6.07, 6.45) is 2.49. The molecule has 5 heteroatoms. The fourth-order valence-electron chi connectivity index (χ4n) is 3.02. The van der Waals surface area contributed by atoms with Crippen molar-refractivity contribution in [3.63, 3.8) is 0 Å². The minimum Gasteiger partial charge on any atom is -0.497 e. The highest BCUT2D eigenvalue weighted by atomic mass is 16.5. The molecular formula is C21H25NO4. The number of hydrogen-bond acceptors (Lipinski definition) is 4. The maximum atomic E-state index is 12.9. The van der Waals surface area contributed by atoms with E-state index < -0.39 is 0 Å². The standard InChI is InChI=1S/C21H25NO4/c1-24-18-8-4-15(5-9-18)12-21(23)22(17-6-7-17)14-16-13-19(25-2)10-11-20(16)26-3/h4-5,8-11,13,17H,6-7,12,14H2,1-3H3. The number of hydrogen-bond donors (Lipinski definition) is 0. The van der Waals surface area contributed by atoms with Crippen LogP contribution in [0.1, 0.15) is 24.0 Å². The number of methoxy groups -OCH3 is 3. The van der Waals surface area contributed by atoms with Crippen LogP contribution in [0.2, 0.25) is 0 Å². The predicted molar refractivity (Wildman–Crippen MR) is 99.8 cm³/mol. The topological polar surface area (TPSA) is 48.0 Å². The molecule has 138 valence electrons. The average Bonchev–Trinajstić information content (AvgIpc) is 3.51. The highest BCUT2D eigenvalue weighted by molar-refractivity contribution is 5.79. The molecule has 0 atom stereocenters. The predicted octanol–water partition coefficient (Wildman–Crippen LogP) is 3.45. The molecule has 3 rings (SSSR count). The lowest BCUT2D eigenvalue weighted by Crippen LogP contribution is -2.34. The zero-order valence-corrected chi connectivity index (χ0v) is 15.5. The van der Waals surface area contributed by atoms with Crippen molar-refractivity contribution in [1.29, 1.82) is 0 Å². The molecule has 0 aliphatic heterocycles. The lowest BCUT2D eigenvalue weighted by molar-refractivity contribution is -0.131. The number of nitrogens with zero attached hydrogens (tertiary/aromatic N) is 1. The molecule has 5 nitrogen and oxygen atoms in total. The second-order valence-corrected chi connectivity index (χ2v) is 6.46. The molecule has 0 heterocycles. The summed E-state index contributed by atoms with van der Waals surface area (Å²) in [5.74, 6) is 2.46. The van der Waals surface area contributed by atoms with Crippen LogP contribution >= 0.6 is 0 Å². The number of carbonyl (C=O) groups excluding carboxylic acids is 1. The number of benzene rings is 2. The number of rotatable bonds is 8. The van der Waals surface area contributed by atoms with Crippen LogP contribution in [0, 0.1) is 0 Å². The van der Waals surface area contributed by atoms with Crippen LogP contribution in [-0.2, 0) is 17.8 Å². The minimum atomic E-state index is 0.127. The van der Waals surface area contributed by atoms with Crippen LogP contribution in [0.4, 0.5) is 0 Å². The third-order valence-electron chi connectivity index (χ3n) is 4.65. The van der Waals surface area contributed by atoms with Crippen molar-refractivity contribution in [2.45, 2.75) is 31.8 Å². The summed E-state index contributed by atoms with van der Waals surface area (Å²) in [5.41, 5.74) is 1.95. The number of ether oxygens (including phenoxy) is 3. The molecule has 0 spiro atoms. The van der Waals surface area contributed by atoms with Crippen molar-refractivity contribution in [2.24, 2.45) is 0 Å². The second kappa shape index (κ2) is 8.13. The molecule has 0 aromatic heterocycles. The first-order valence-corrected chi connectivity index (χ1v) is 8.78. The molecule has 0 saturated heterocycles. The minimum absolute atomic E-state index is 0.127. The van der Waals surface area contributed by atoms with Gasteiger partial charge < -0.3 is 19.1 Å². The highest BCUT2D eigenvalue weighted by Crippen LogP contribution is 2.32. The summed E-state index contributed by atoms with van der Waals surface area (Å²) in [5, 5.41) is 0. The first-order chi connectivity index (χ1) is 12.6. The van der Waals surface area contributed by atoms with Gasteiger partial charge in [-0.15, -0.1) is 0 Å². The molecule has 1 aliphatic rings. The Bertz CT molecular complexity index is 753. The van der Waals surface area contributed by atoms with Gasteiger partial charge in [-0.1, -0.05) is 12.1 Å². The van der Waals surface area contributed by atoms with Gasteiger partial charge >= 0.3 is 0 Å². The zero-order valence-electron chi connectivity index (χ0n) is 15.5. The Morgan fingerprint density at radius 2 is 1.62 bits per heavy atom. The quantitative estimate of drug-likeness (QED) is 0.728. The average molecular weight is 355 g/mol. The summed E-state index contributed by atoms with van der Waals surface area (Å²) in [6.45, 7) is 0.528. The Morgan fingerprint density at radius 3 is 2.19 bits per heavy atom. The van der Waals surface area contributed by atoms with Gasteiger partial charge in [0.2, 0.25) is 5.91 Å². The van der Waals surface area contributed by atoms with E-state index in [2.05, 4.69) is 0 Å². The summed E-state index contributed by atoms with van der Waals surface area (Å²) in [4.78, 5) is 14.9. The molecule has 1 aliphatic carbocycles. The van der Waals surface area contributed by atoms with E-state index in [1.807, 2.05) is 47.4 Å². The van der Waals surface area contributed by atoms with Gasteiger partial charge in [-0.3, -0.25) is 4.79 Å². The second-order valence-electron chi connectivity index (χ2n) is 6.46. The van der Waals surface area contributed by atoms with E-state index in [4.69, 9.17) is 14.2 Å². The molecule has 1 fully saturated rings. The van der Waals surface area contributed by atoms with Crippen molar-refractivity contribution < 1.29 is 19.0 Å². The van der Waals surface area contributed by atoms with E-state index in [1.54, 1.807) is 21.3 Å². The Morgan fingerprint density at radius 1 is 0.962 bits per heavy atom. The van der Waals surface area contributed by atoms with Crippen LogP contribution < -0.4 is 14.2 Å². The van der Waals surface area contributed by atoms with Gasteiger partial charge in [0.05, 0.1) is 27.8 Å².